The number of aliphatic carboxylic acids is 1. The number of hydrogen-bond donors (Lipinski definition) is 3. The third-order valence-corrected chi connectivity index (χ3v) is 3.16. The number of carboxylic acid groups (broad SMARTS) is 1. The van der Waals surface area contributed by atoms with Crippen LogP contribution in [0.5, 0.6) is 0 Å². The van der Waals surface area contributed by atoms with Crippen LogP contribution in [0, 0.1) is 5.92 Å². The minimum atomic E-state index is -0.854. The fourth-order valence-electron chi connectivity index (χ4n) is 1.95. The average Bonchev–Trinajstić information content (AvgIpc) is 2.44. The summed E-state index contributed by atoms with van der Waals surface area (Å²) < 4.78 is 0. The normalized spacial score (nSPS) is 11.7. The number of hydrogen-bond acceptors (Lipinski definition) is 2. The zero-order chi connectivity index (χ0) is 15.7. The smallest absolute Gasteiger partial charge is 0.319 e. The third-order valence-electron chi connectivity index (χ3n) is 3.16. The van der Waals surface area contributed by atoms with Gasteiger partial charge in [0.1, 0.15) is 0 Å². The van der Waals surface area contributed by atoms with E-state index >= 15 is 0 Å². The first-order valence-corrected chi connectivity index (χ1v) is 7.36. The van der Waals surface area contributed by atoms with Gasteiger partial charge in [0.2, 0.25) is 0 Å². The number of carbonyl (C=O) groups excluding carboxylic acids is 1. The van der Waals surface area contributed by atoms with Crippen LogP contribution in [0.25, 0.3) is 0 Å². The second kappa shape index (κ2) is 9.00. The number of urea groups is 1. The summed E-state index contributed by atoms with van der Waals surface area (Å²) in [6.07, 6.45) is 3.42. The van der Waals surface area contributed by atoms with E-state index in [-0.39, 0.29) is 18.4 Å². The van der Waals surface area contributed by atoms with Crippen LogP contribution in [0.3, 0.4) is 0 Å². The Labute approximate surface area is 125 Å². The lowest BCUT2D eigenvalue weighted by molar-refractivity contribution is -0.137. The maximum absolute atomic E-state index is 11.7. The highest BCUT2D eigenvalue weighted by Crippen LogP contribution is 2.11. The number of rotatable bonds is 8. The van der Waals surface area contributed by atoms with Gasteiger partial charge in [-0.3, -0.25) is 4.79 Å². The van der Waals surface area contributed by atoms with Crippen molar-refractivity contribution in [3.05, 3.63) is 29.8 Å². The van der Waals surface area contributed by atoms with Crippen LogP contribution in [0.15, 0.2) is 24.3 Å². The van der Waals surface area contributed by atoms with Gasteiger partial charge >= 0.3 is 12.0 Å². The number of nitrogens with one attached hydrogen (secondary N) is 2. The van der Waals surface area contributed by atoms with Crippen molar-refractivity contribution in [1.29, 1.82) is 0 Å². The molecule has 1 atom stereocenters. The average molecular weight is 292 g/mol. The molecule has 1 rings (SSSR count). The van der Waals surface area contributed by atoms with Gasteiger partial charge in [-0.1, -0.05) is 32.4 Å². The molecule has 5 heteroatoms. The van der Waals surface area contributed by atoms with Gasteiger partial charge in [-0.25, -0.2) is 4.79 Å². The Balaban J connectivity index is 2.35. The Hall–Kier alpha value is -2.04. The first kappa shape index (κ1) is 17.0. The van der Waals surface area contributed by atoms with Crippen molar-refractivity contribution < 1.29 is 14.7 Å². The van der Waals surface area contributed by atoms with Crippen molar-refractivity contribution in [3.63, 3.8) is 0 Å². The number of carbonyl (C=O) groups is 2. The van der Waals surface area contributed by atoms with Crippen LogP contribution in [0.1, 0.15) is 38.7 Å². The van der Waals surface area contributed by atoms with Gasteiger partial charge < -0.3 is 15.7 Å². The molecule has 3 N–H and O–H groups in total. The van der Waals surface area contributed by atoms with E-state index < -0.39 is 5.97 Å². The number of anilines is 1. The lowest BCUT2D eigenvalue weighted by Crippen LogP contribution is -2.32. The molecule has 0 heterocycles. The lowest BCUT2D eigenvalue weighted by atomic mass is 10.1. The highest BCUT2D eigenvalue weighted by molar-refractivity contribution is 5.89. The fraction of sp³-hybridized carbons (Fsp3) is 0.500. The predicted octanol–water partition coefficient (Wildman–Crippen LogP) is 3.26. The van der Waals surface area contributed by atoms with E-state index in [0.29, 0.717) is 6.54 Å². The molecule has 0 aliphatic heterocycles. The van der Waals surface area contributed by atoms with E-state index in [1.807, 2.05) is 24.3 Å². The second-order valence-corrected chi connectivity index (χ2v) is 5.34. The second-order valence-electron chi connectivity index (χ2n) is 5.34. The molecular formula is C16H24N2O3. The highest BCUT2D eigenvalue weighted by Gasteiger charge is 2.09. The van der Waals surface area contributed by atoms with Crippen molar-refractivity contribution in [2.75, 3.05) is 11.9 Å². The van der Waals surface area contributed by atoms with Crippen LogP contribution in [-0.4, -0.2) is 23.7 Å². The van der Waals surface area contributed by atoms with Crippen LogP contribution in [0.2, 0.25) is 0 Å². The minimum absolute atomic E-state index is 0.0480. The minimum Gasteiger partial charge on any atom is -0.481 e. The zero-order valence-electron chi connectivity index (χ0n) is 12.7. The van der Waals surface area contributed by atoms with Crippen LogP contribution in [-0.2, 0) is 11.2 Å². The van der Waals surface area contributed by atoms with Crippen LogP contribution >= 0.6 is 0 Å². The van der Waals surface area contributed by atoms with E-state index in [0.717, 1.165) is 24.9 Å². The Morgan fingerprint density at radius 1 is 1.24 bits per heavy atom. The summed E-state index contributed by atoms with van der Waals surface area (Å²) in [6, 6.07) is 7.47. The van der Waals surface area contributed by atoms with Crippen molar-refractivity contribution >= 4 is 17.7 Å². The quantitative estimate of drug-likeness (QED) is 0.688. The fourth-order valence-corrected chi connectivity index (χ4v) is 1.95. The predicted molar refractivity (Wildman–Crippen MR) is 83.5 cm³/mol. The summed E-state index contributed by atoms with van der Waals surface area (Å²) in [4.78, 5) is 22.2. The molecule has 2 amide bonds. The Kier molecular flexibility index (Phi) is 7.29. The van der Waals surface area contributed by atoms with Gasteiger partial charge in [-0.15, -0.1) is 0 Å². The van der Waals surface area contributed by atoms with Crippen molar-refractivity contribution in [1.82, 2.24) is 5.32 Å². The Bertz CT molecular complexity index is 457. The number of unbranched alkanes of at least 4 members (excludes halogenated alkanes) is 1. The van der Waals surface area contributed by atoms with Crippen molar-refractivity contribution in [2.24, 2.45) is 5.92 Å². The summed E-state index contributed by atoms with van der Waals surface area (Å²) in [6.45, 7) is 4.29. The molecule has 5 nitrogen and oxygen atoms in total. The molecule has 0 spiro atoms. The molecule has 0 fully saturated rings. The first-order chi connectivity index (χ1) is 10.0. The molecule has 0 bridgehead atoms. The molecule has 0 aromatic heterocycles. The molecule has 1 unspecified atom stereocenters. The molecule has 0 radical (unpaired) electrons. The standard InChI is InChI=1S/C16H24N2O3/c1-3-4-5-13-6-8-14(9-7-13)18-16(21)17-11-12(2)10-15(19)20/h6-9,12H,3-5,10-11H2,1-2H3,(H,19,20)(H2,17,18,21). The van der Waals surface area contributed by atoms with Gasteiger partial charge in [0.05, 0.1) is 0 Å². The number of amides is 2. The maximum atomic E-state index is 11.7. The summed E-state index contributed by atoms with van der Waals surface area (Å²) in [5.41, 5.74) is 2.00. The summed E-state index contributed by atoms with van der Waals surface area (Å²) in [5.74, 6) is -0.947. The van der Waals surface area contributed by atoms with Crippen LogP contribution in [0.4, 0.5) is 10.5 Å². The monoisotopic (exact) mass is 292 g/mol. The molecule has 0 aliphatic rings. The lowest BCUT2D eigenvalue weighted by Gasteiger charge is -2.11. The molecule has 0 aliphatic carbocycles. The number of carboxylic acids is 1. The molecule has 116 valence electrons. The first-order valence-electron chi connectivity index (χ1n) is 7.36. The van der Waals surface area contributed by atoms with E-state index in [1.165, 1.54) is 5.56 Å². The molecular weight excluding hydrogens is 268 g/mol. The third kappa shape index (κ3) is 7.34. The molecule has 0 saturated heterocycles. The van der Waals surface area contributed by atoms with E-state index in [2.05, 4.69) is 17.6 Å². The summed E-state index contributed by atoms with van der Waals surface area (Å²) in [7, 11) is 0. The maximum Gasteiger partial charge on any atom is 0.319 e. The SMILES string of the molecule is CCCCc1ccc(NC(=O)NCC(C)CC(=O)O)cc1. The van der Waals surface area contributed by atoms with Gasteiger partial charge in [0, 0.05) is 18.7 Å². The largest absolute Gasteiger partial charge is 0.481 e. The molecule has 21 heavy (non-hydrogen) atoms. The summed E-state index contributed by atoms with van der Waals surface area (Å²) in [5, 5.41) is 14.1. The van der Waals surface area contributed by atoms with Crippen LogP contribution < -0.4 is 10.6 Å². The van der Waals surface area contributed by atoms with Gasteiger partial charge in [0.25, 0.3) is 0 Å². The molecule has 1 aromatic rings. The Morgan fingerprint density at radius 3 is 2.48 bits per heavy atom. The zero-order valence-corrected chi connectivity index (χ0v) is 12.7. The van der Waals surface area contributed by atoms with E-state index in [9.17, 15) is 9.59 Å². The number of benzene rings is 1. The number of aryl methyl sites for hydroxylation is 1. The van der Waals surface area contributed by atoms with Crippen molar-refractivity contribution in [3.8, 4) is 0 Å². The van der Waals surface area contributed by atoms with Gasteiger partial charge in [0.15, 0.2) is 0 Å². The molecule has 0 saturated carbocycles. The topological polar surface area (TPSA) is 78.4 Å². The Morgan fingerprint density at radius 2 is 1.90 bits per heavy atom. The van der Waals surface area contributed by atoms with Gasteiger partial charge in [-0.05, 0) is 36.5 Å². The van der Waals surface area contributed by atoms with E-state index in [1.54, 1.807) is 6.92 Å². The summed E-state index contributed by atoms with van der Waals surface area (Å²) >= 11 is 0. The van der Waals surface area contributed by atoms with Crippen molar-refractivity contribution in [2.45, 2.75) is 39.5 Å². The highest BCUT2D eigenvalue weighted by atomic mass is 16.4. The molecule has 1 aromatic carbocycles. The van der Waals surface area contributed by atoms with Gasteiger partial charge in [-0.2, -0.15) is 0 Å². The van der Waals surface area contributed by atoms with E-state index in [4.69, 9.17) is 5.11 Å².